The van der Waals surface area contributed by atoms with E-state index in [9.17, 15) is 10.1 Å². The summed E-state index contributed by atoms with van der Waals surface area (Å²) in [5.74, 6) is 0.544. The number of allylic oxidation sites excluding steroid dienone is 2. The summed E-state index contributed by atoms with van der Waals surface area (Å²) >= 11 is 0. The van der Waals surface area contributed by atoms with Crippen molar-refractivity contribution in [2.45, 2.75) is 47.0 Å². The van der Waals surface area contributed by atoms with Crippen LogP contribution in [0.15, 0.2) is 41.0 Å². The van der Waals surface area contributed by atoms with Crippen molar-refractivity contribution < 1.29 is 19.0 Å². The molecule has 0 aromatic heterocycles. The van der Waals surface area contributed by atoms with Gasteiger partial charge in [-0.25, -0.2) is 4.79 Å². The van der Waals surface area contributed by atoms with E-state index in [1.165, 1.54) is 0 Å². The number of carbonyl (C=O) groups excluding carboxylic acids is 1. The van der Waals surface area contributed by atoms with Crippen LogP contribution in [0, 0.1) is 24.2 Å². The van der Waals surface area contributed by atoms with Crippen molar-refractivity contribution in [3.05, 3.63) is 52.1 Å². The molecule has 1 aromatic carbocycles. The molecule has 0 fully saturated rings. The largest absolute Gasteiger partial charge is 0.493 e. The van der Waals surface area contributed by atoms with Gasteiger partial charge >= 0.3 is 5.97 Å². The third-order valence-electron chi connectivity index (χ3n) is 4.59. The molecule has 1 unspecified atom stereocenters. The van der Waals surface area contributed by atoms with Gasteiger partial charge in [0.15, 0.2) is 0 Å². The Kier molecular flexibility index (Phi) is 7.11. The van der Waals surface area contributed by atoms with E-state index in [2.05, 4.69) is 19.9 Å². The summed E-state index contributed by atoms with van der Waals surface area (Å²) in [7, 11) is 0. The molecule has 0 aliphatic carbocycles. The molecule has 1 atom stereocenters. The summed E-state index contributed by atoms with van der Waals surface area (Å²) in [4.78, 5) is 12.6. The number of nitrogens with two attached hydrogens (primary N) is 1. The minimum Gasteiger partial charge on any atom is -0.493 e. The Morgan fingerprint density at radius 3 is 2.64 bits per heavy atom. The molecule has 6 heteroatoms. The first-order valence-corrected chi connectivity index (χ1v) is 9.48. The van der Waals surface area contributed by atoms with Crippen molar-refractivity contribution in [2.24, 2.45) is 11.7 Å². The predicted molar refractivity (Wildman–Crippen MR) is 106 cm³/mol. The van der Waals surface area contributed by atoms with Gasteiger partial charge in [0.25, 0.3) is 0 Å². The van der Waals surface area contributed by atoms with Crippen LogP contribution in [0.1, 0.15) is 51.2 Å². The molecule has 1 aromatic rings. The molecule has 0 bridgehead atoms. The number of aryl methyl sites for hydroxylation is 1. The van der Waals surface area contributed by atoms with Gasteiger partial charge in [0.05, 0.1) is 24.7 Å². The molecule has 28 heavy (non-hydrogen) atoms. The summed E-state index contributed by atoms with van der Waals surface area (Å²) in [5.41, 5.74) is 8.10. The van der Waals surface area contributed by atoms with E-state index < -0.39 is 11.9 Å². The van der Waals surface area contributed by atoms with Gasteiger partial charge in [-0.3, -0.25) is 0 Å². The highest BCUT2D eigenvalue weighted by atomic mass is 16.5. The van der Waals surface area contributed by atoms with Crippen LogP contribution < -0.4 is 10.5 Å². The van der Waals surface area contributed by atoms with Crippen LogP contribution in [0.3, 0.4) is 0 Å². The molecular formula is C22H28N2O4. The molecule has 2 rings (SSSR count). The lowest BCUT2D eigenvalue weighted by Gasteiger charge is -2.27. The first kappa shape index (κ1) is 21.4. The maximum absolute atomic E-state index is 12.6. The van der Waals surface area contributed by atoms with Crippen LogP contribution in [0.25, 0.3) is 0 Å². The fourth-order valence-electron chi connectivity index (χ4n) is 3.11. The summed E-state index contributed by atoms with van der Waals surface area (Å²) < 4.78 is 16.5. The number of ether oxygens (including phenoxy) is 3. The van der Waals surface area contributed by atoms with Gasteiger partial charge in [0.2, 0.25) is 5.88 Å². The Hall–Kier alpha value is -2.94. The lowest BCUT2D eigenvalue weighted by Crippen LogP contribution is -2.25. The maximum Gasteiger partial charge on any atom is 0.338 e. The second-order valence-corrected chi connectivity index (χ2v) is 7.17. The van der Waals surface area contributed by atoms with Gasteiger partial charge in [0.1, 0.15) is 23.2 Å². The van der Waals surface area contributed by atoms with E-state index in [0.717, 1.165) is 23.3 Å². The molecule has 0 radical (unpaired) electrons. The monoisotopic (exact) mass is 384 g/mol. The van der Waals surface area contributed by atoms with Crippen molar-refractivity contribution in [1.29, 1.82) is 5.26 Å². The molecule has 0 spiro atoms. The van der Waals surface area contributed by atoms with Gasteiger partial charge in [-0.15, -0.1) is 0 Å². The highest BCUT2D eigenvalue weighted by molar-refractivity contribution is 5.92. The van der Waals surface area contributed by atoms with E-state index in [1.807, 2.05) is 25.1 Å². The Labute approximate surface area is 166 Å². The lowest BCUT2D eigenvalue weighted by molar-refractivity contribution is -0.139. The third-order valence-corrected chi connectivity index (χ3v) is 4.59. The quantitative estimate of drug-likeness (QED) is 0.712. The number of nitriles is 1. The second-order valence-electron chi connectivity index (χ2n) is 7.17. The van der Waals surface area contributed by atoms with Crippen LogP contribution in [0.4, 0.5) is 0 Å². The first-order chi connectivity index (χ1) is 13.3. The van der Waals surface area contributed by atoms with Crippen molar-refractivity contribution in [1.82, 2.24) is 0 Å². The average molecular weight is 384 g/mol. The van der Waals surface area contributed by atoms with Crippen molar-refractivity contribution >= 4 is 5.97 Å². The van der Waals surface area contributed by atoms with E-state index in [0.29, 0.717) is 23.9 Å². The second kappa shape index (κ2) is 9.32. The number of hydrogen-bond acceptors (Lipinski definition) is 6. The van der Waals surface area contributed by atoms with E-state index in [1.54, 1.807) is 13.8 Å². The molecule has 1 aliphatic heterocycles. The number of carbonyl (C=O) groups is 1. The molecular weight excluding hydrogens is 356 g/mol. The van der Waals surface area contributed by atoms with Gasteiger partial charge in [-0.2, -0.15) is 5.26 Å². The van der Waals surface area contributed by atoms with E-state index in [-0.39, 0.29) is 18.1 Å². The molecule has 1 aliphatic rings. The van der Waals surface area contributed by atoms with Crippen molar-refractivity contribution in [3.8, 4) is 11.8 Å². The Balaban J connectivity index is 2.42. The number of benzene rings is 1. The standard InChI is InChI=1S/C22H28N2O4/c1-6-26-22(25)19-15(5)28-21(24)17(12-23)20(19)16-7-8-18(14(4)11-16)27-10-9-13(2)3/h7-8,11,13,20H,6,9-10,24H2,1-5H3. The molecule has 1 heterocycles. The molecule has 150 valence electrons. The number of esters is 1. The number of nitrogens with zero attached hydrogens (tertiary/aromatic N) is 1. The zero-order valence-electron chi connectivity index (χ0n) is 17.2. The fraction of sp³-hybridized carbons (Fsp3) is 0.455. The van der Waals surface area contributed by atoms with Crippen LogP contribution in [-0.2, 0) is 14.3 Å². The number of hydrogen-bond donors (Lipinski definition) is 1. The van der Waals surface area contributed by atoms with E-state index >= 15 is 0 Å². The zero-order chi connectivity index (χ0) is 20.8. The Morgan fingerprint density at radius 2 is 2.07 bits per heavy atom. The summed E-state index contributed by atoms with van der Waals surface area (Å²) in [6.07, 6.45) is 0.966. The topological polar surface area (TPSA) is 94.6 Å². The maximum atomic E-state index is 12.6. The lowest BCUT2D eigenvalue weighted by atomic mass is 9.82. The zero-order valence-corrected chi connectivity index (χ0v) is 17.2. The van der Waals surface area contributed by atoms with Crippen LogP contribution in [-0.4, -0.2) is 19.2 Å². The average Bonchev–Trinajstić information content (AvgIpc) is 2.62. The van der Waals surface area contributed by atoms with Gasteiger partial charge in [-0.05, 0) is 50.3 Å². The van der Waals surface area contributed by atoms with Gasteiger partial charge in [-0.1, -0.05) is 26.0 Å². The number of rotatable bonds is 7. The van der Waals surface area contributed by atoms with Crippen LogP contribution >= 0.6 is 0 Å². The highest BCUT2D eigenvalue weighted by Crippen LogP contribution is 2.40. The predicted octanol–water partition coefficient (Wildman–Crippen LogP) is 4.06. The van der Waals surface area contributed by atoms with Crippen molar-refractivity contribution in [3.63, 3.8) is 0 Å². The van der Waals surface area contributed by atoms with Gasteiger partial charge < -0.3 is 19.9 Å². The fourth-order valence-corrected chi connectivity index (χ4v) is 3.11. The Bertz CT molecular complexity index is 847. The minimum atomic E-state index is -0.638. The summed E-state index contributed by atoms with van der Waals surface area (Å²) in [5, 5.41) is 9.63. The molecule has 0 saturated carbocycles. The normalized spacial score (nSPS) is 16.7. The molecule has 0 amide bonds. The van der Waals surface area contributed by atoms with Crippen LogP contribution in [0.5, 0.6) is 5.75 Å². The molecule has 2 N–H and O–H groups in total. The third kappa shape index (κ3) is 4.66. The van der Waals surface area contributed by atoms with E-state index in [4.69, 9.17) is 19.9 Å². The smallest absolute Gasteiger partial charge is 0.338 e. The minimum absolute atomic E-state index is 0.00737. The Morgan fingerprint density at radius 1 is 1.36 bits per heavy atom. The first-order valence-electron chi connectivity index (χ1n) is 9.48. The summed E-state index contributed by atoms with van der Waals surface area (Å²) in [6.45, 7) is 10.5. The van der Waals surface area contributed by atoms with Gasteiger partial charge in [0, 0.05) is 0 Å². The highest BCUT2D eigenvalue weighted by Gasteiger charge is 2.36. The van der Waals surface area contributed by atoms with Crippen molar-refractivity contribution in [2.75, 3.05) is 13.2 Å². The molecule has 0 saturated heterocycles. The molecule has 6 nitrogen and oxygen atoms in total. The SMILES string of the molecule is CCOC(=O)C1=C(C)OC(N)=C(C#N)C1c1ccc(OCCC(C)C)c(C)c1. The van der Waals surface area contributed by atoms with Crippen LogP contribution in [0.2, 0.25) is 0 Å². The summed E-state index contributed by atoms with van der Waals surface area (Å²) in [6, 6.07) is 7.72.